The van der Waals surface area contributed by atoms with Crippen molar-refractivity contribution in [1.82, 2.24) is 4.98 Å². The smallest absolute Gasteiger partial charge is 0.0725 e. The zero-order chi connectivity index (χ0) is 13.2. The van der Waals surface area contributed by atoms with Crippen LogP contribution in [0.2, 0.25) is 0 Å². The highest BCUT2D eigenvalue weighted by atomic mass is 32.2. The fraction of sp³-hybridized carbons (Fsp3) is 0.400. The van der Waals surface area contributed by atoms with Gasteiger partial charge in [0.05, 0.1) is 5.52 Å². The Bertz CT molecular complexity index is 617. The summed E-state index contributed by atoms with van der Waals surface area (Å²) >= 11 is 0. The minimum Gasteiger partial charge on any atom is -0.382 e. The molecule has 3 rings (SSSR count). The van der Waals surface area contributed by atoms with Crippen LogP contribution in [0.15, 0.2) is 30.3 Å². The number of hydrogen-bond donors (Lipinski definition) is 1. The predicted octanol–water partition coefficient (Wildman–Crippen LogP) is 2.87. The molecule has 1 aliphatic rings. The lowest BCUT2D eigenvalue weighted by Gasteiger charge is -2.24. The van der Waals surface area contributed by atoms with Crippen LogP contribution in [0, 0.1) is 6.92 Å². The van der Waals surface area contributed by atoms with Crippen LogP contribution >= 0.6 is 0 Å². The van der Waals surface area contributed by atoms with Crippen LogP contribution in [-0.2, 0) is 10.8 Å². The molecule has 2 heterocycles. The molecule has 19 heavy (non-hydrogen) atoms. The molecule has 0 saturated carbocycles. The van der Waals surface area contributed by atoms with Crippen LogP contribution in [-0.4, -0.2) is 26.7 Å². The Balaban J connectivity index is 1.89. The third kappa shape index (κ3) is 2.78. The second kappa shape index (κ2) is 5.29. The number of rotatable bonds is 2. The van der Waals surface area contributed by atoms with Crippen molar-refractivity contribution in [2.24, 2.45) is 0 Å². The molecule has 1 aromatic carbocycles. The molecule has 0 amide bonds. The summed E-state index contributed by atoms with van der Waals surface area (Å²) < 4.78 is 11.4. The molecule has 1 aliphatic heterocycles. The van der Waals surface area contributed by atoms with Crippen molar-refractivity contribution >= 4 is 27.4 Å². The molecular weight excluding hydrogens is 256 g/mol. The number of para-hydroxylation sites is 1. The highest BCUT2D eigenvalue weighted by Gasteiger charge is 2.18. The molecule has 2 aromatic rings. The molecule has 3 nitrogen and oxygen atoms in total. The van der Waals surface area contributed by atoms with Gasteiger partial charge in [0.25, 0.3) is 0 Å². The SMILES string of the molecule is Cc1cc(NC2CCS(=O)CC2)c2ccccc2n1. The third-order valence-electron chi connectivity index (χ3n) is 3.59. The van der Waals surface area contributed by atoms with E-state index in [0.29, 0.717) is 6.04 Å². The first-order chi connectivity index (χ1) is 9.22. The van der Waals surface area contributed by atoms with Gasteiger partial charge in [-0.05, 0) is 31.9 Å². The van der Waals surface area contributed by atoms with E-state index in [-0.39, 0.29) is 0 Å². The van der Waals surface area contributed by atoms with E-state index >= 15 is 0 Å². The summed E-state index contributed by atoms with van der Waals surface area (Å²) in [6, 6.07) is 10.7. The molecule has 100 valence electrons. The van der Waals surface area contributed by atoms with Crippen LogP contribution in [0.1, 0.15) is 18.5 Å². The first-order valence-corrected chi connectivity index (χ1v) is 8.19. The molecule has 0 radical (unpaired) electrons. The summed E-state index contributed by atoms with van der Waals surface area (Å²) in [5.41, 5.74) is 3.21. The lowest BCUT2D eigenvalue weighted by Crippen LogP contribution is -2.29. The number of aryl methyl sites for hydroxylation is 1. The Labute approximate surface area is 115 Å². The summed E-state index contributed by atoms with van der Waals surface area (Å²) in [6.45, 7) is 2.02. The lowest BCUT2D eigenvalue weighted by molar-refractivity contribution is 0.624. The van der Waals surface area contributed by atoms with Crippen molar-refractivity contribution in [2.45, 2.75) is 25.8 Å². The summed E-state index contributed by atoms with van der Waals surface area (Å²) in [6.07, 6.45) is 1.98. The van der Waals surface area contributed by atoms with Crippen LogP contribution in [0.25, 0.3) is 10.9 Å². The topological polar surface area (TPSA) is 42.0 Å². The molecule has 0 atom stereocenters. The monoisotopic (exact) mass is 274 g/mol. The second-order valence-corrected chi connectivity index (χ2v) is 6.79. The van der Waals surface area contributed by atoms with Gasteiger partial charge in [0.1, 0.15) is 0 Å². The second-order valence-electron chi connectivity index (χ2n) is 5.10. The maximum absolute atomic E-state index is 11.4. The van der Waals surface area contributed by atoms with E-state index in [2.05, 4.69) is 22.4 Å². The van der Waals surface area contributed by atoms with Gasteiger partial charge in [0, 0.05) is 45.1 Å². The van der Waals surface area contributed by atoms with Crippen molar-refractivity contribution in [2.75, 3.05) is 16.8 Å². The molecule has 0 aliphatic carbocycles. The van der Waals surface area contributed by atoms with Crippen molar-refractivity contribution < 1.29 is 4.21 Å². The van der Waals surface area contributed by atoms with Crippen molar-refractivity contribution in [1.29, 1.82) is 0 Å². The van der Waals surface area contributed by atoms with Gasteiger partial charge in [-0.15, -0.1) is 0 Å². The number of pyridine rings is 1. The number of fused-ring (bicyclic) bond motifs is 1. The highest BCUT2D eigenvalue weighted by molar-refractivity contribution is 7.85. The van der Waals surface area contributed by atoms with Crippen LogP contribution in [0.3, 0.4) is 0 Å². The van der Waals surface area contributed by atoms with Gasteiger partial charge in [-0.2, -0.15) is 0 Å². The molecule has 0 unspecified atom stereocenters. The Morgan fingerprint density at radius 1 is 1.26 bits per heavy atom. The van der Waals surface area contributed by atoms with Gasteiger partial charge in [0.2, 0.25) is 0 Å². The van der Waals surface area contributed by atoms with Crippen molar-refractivity contribution in [3.8, 4) is 0 Å². The Kier molecular flexibility index (Phi) is 3.51. The normalized spacial score (nSPS) is 23.4. The molecule has 0 bridgehead atoms. The third-order valence-corrected chi connectivity index (χ3v) is 4.97. The summed E-state index contributed by atoms with van der Waals surface area (Å²) in [4.78, 5) is 4.55. The molecule has 1 N–H and O–H groups in total. The molecule has 1 saturated heterocycles. The van der Waals surface area contributed by atoms with E-state index in [9.17, 15) is 4.21 Å². The number of benzene rings is 1. The first-order valence-electron chi connectivity index (χ1n) is 6.70. The number of aromatic nitrogens is 1. The van der Waals surface area contributed by atoms with E-state index < -0.39 is 10.8 Å². The fourth-order valence-electron chi connectivity index (χ4n) is 2.59. The lowest BCUT2D eigenvalue weighted by atomic mass is 10.1. The van der Waals surface area contributed by atoms with E-state index in [1.54, 1.807) is 0 Å². The molecule has 4 heteroatoms. The Morgan fingerprint density at radius 3 is 2.79 bits per heavy atom. The average Bonchev–Trinajstić information content (AvgIpc) is 2.41. The minimum absolute atomic E-state index is 0.433. The Morgan fingerprint density at radius 2 is 2.00 bits per heavy atom. The van der Waals surface area contributed by atoms with E-state index in [1.807, 2.05) is 25.1 Å². The van der Waals surface area contributed by atoms with Crippen LogP contribution in [0.4, 0.5) is 5.69 Å². The minimum atomic E-state index is -0.603. The first kappa shape index (κ1) is 12.6. The number of hydrogen-bond acceptors (Lipinski definition) is 3. The predicted molar refractivity (Wildman–Crippen MR) is 81.0 cm³/mol. The van der Waals surface area contributed by atoms with Gasteiger partial charge in [-0.1, -0.05) is 18.2 Å². The van der Waals surface area contributed by atoms with Crippen molar-refractivity contribution in [3.05, 3.63) is 36.0 Å². The van der Waals surface area contributed by atoms with Gasteiger partial charge >= 0.3 is 0 Å². The zero-order valence-electron chi connectivity index (χ0n) is 11.1. The summed E-state index contributed by atoms with van der Waals surface area (Å²) in [5.74, 6) is 1.64. The van der Waals surface area contributed by atoms with E-state index in [1.165, 1.54) is 5.39 Å². The summed E-state index contributed by atoms with van der Waals surface area (Å²) in [5, 5.41) is 4.78. The largest absolute Gasteiger partial charge is 0.382 e. The van der Waals surface area contributed by atoms with Gasteiger partial charge in [-0.3, -0.25) is 9.19 Å². The highest BCUT2D eigenvalue weighted by Crippen LogP contribution is 2.25. The molecule has 0 spiro atoms. The Hall–Kier alpha value is -1.42. The van der Waals surface area contributed by atoms with Crippen molar-refractivity contribution in [3.63, 3.8) is 0 Å². The maximum Gasteiger partial charge on any atom is 0.0725 e. The number of nitrogens with one attached hydrogen (secondary N) is 1. The molecule has 1 aromatic heterocycles. The van der Waals surface area contributed by atoms with Crippen LogP contribution in [0.5, 0.6) is 0 Å². The standard InChI is InChI=1S/C15H18N2OS/c1-11-10-15(13-4-2-3-5-14(13)16-11)17-12-6-8-19(18)9-7-12/h2-5,10,12H,6-9H2,1H3,(H,16,17). The average molecular weight is 274 g/mol. The zero-order valence-corrected chi connectivity index (χ0v) is 11.9. The number of nitrogens with zero attached hydrogens (tertiary/aromatic N) is 1. The van der Waals surface area contributed by atoms with Crippen LogP contribution < -0.4 is 5.32 Å². The molecular formula is C15H18N2OS. The quantitative estimate of drug-likeness (QED) is 0.915. The van der Waals surface area contributed by atoms with Gasteiger partial charge in [-0.25, -0.2) is 0 Å². The summed E-state index contributed by atoms with van der Waals surface area (Å²) in [7, 11) is -0.603. The molecule has 1 fully saturated rings. The van der Waals surface area contributed by atoms with E-state index in [4.69, 9.17) is 0 Å². The maximum atomic E-state index is 11.4. The van der Waals surface area contributed by atoms with Gasteiger partial charge < -0.3 is 5.32 Å². The number of anilines is 1. The fourth-order valence-corrected chi connectivity index (χ4v) is 3.88. The van der Waals surface area contributed by atoms with Gasteiger partial charge in [0.15, 0.2) is 0 Å². The van der Waals surface area contributed by atoms with E-state index in [0.717, 1.165) is 41.2 Å².